The van der Waals surface area contributed by atoms with Crippen LogP contribution >= 0.6 is 0 Å². The van der Waals surface area contributed by atoms with Gasteiger partial charge in [0.15, 0.2) is 0 Å². The fourth-order valence-corrected chi connectivity index (χ4v) is 5.52. The molecule has 0 bridgehead atoms. The molecule has 0 radical (unpaired) electrons. The van der Waals surface area contributed by atoms with Gasteiger partial charge in [-0.15, -0.1) is 0 Å². The molecule has 0 aliphatic heterocycles. The predicted octanol–water partition coefficient (Wildman–Crippen LogP) is 0.980. The predicted molar refractivity (Wildman–Crippen MR) is 101 cm³/mol. The van der Waals surface area contributed by atoms with E-state index in [-0.39, 0.29) is 10.8 Å². The van der Waals surface area contributed by atoms with Gasteiger partial charge in [0.05, 0.1) is 9.79 Å². The SMILES string of the molecule is O=S(=O)(O)c1cc(S(=O)(=O)O)c2cc3c(S(=O)(=O)O)cc(S(=O)(=O)O)cc3cc2c1. The number of fused-ring (bicyclic) bond motifs is 2. The minimum atomic E-state index is -5.08. The van der Waals surface area contributed by atoms with Gasteiger partial charge in [0.2, 0.25) is 0 Å². The lowest BCUT2D eigenvalue weighted by Crippen LogP contribution is -2.06. The molecule has 3 rings (SSSR count). The van der Waals surface area contributed by atoms with Crippen molar-refractivity contribution in [2.75, 3.05) is 0 Å². The van der Waals surface area contributed by atoms with Gasteiger partial charge in [-0.25, -0.2) is 0 Å². The second-order valence-electron chi connectivity index (χ2n) is 6.04. The second kappa shape index (κ2) is 6.66. The third-order valence-corrected chi connectivity index (χ3v) is 7.50. The van der Waals surface area contributed by atoms with Crippen LogP contribution in [0.25, 0.3) is 21.5 Å². The Balaban J connectivity index is 2.66. The average Bonchev–Trinajstić information content (AvgIpc) is 2.54. The van der Waals surface area contributed by atoms with Crippen molar-refractivity contribution in [2.24, 2.45) is 0 Å². The van der Waals surface area contributed by atoms with Gasteiger partial charge in [0.1, 0.15) is 9.79 Å². The average molecular weight is 498 g/mol. The van der Waals surface area contributed by atoms with Crippen LogP contribution in [0.1, 0.15) is 0 Å². The number of rotatable bonds is 4. The zero-order valence-corrected chi connectivity index (χ0v) is 17.4. The molecule has 30 heavy (non-hydrogen) atoms. The molecule has 0 saturated carbocycles. The molecule has 162 valence electrons. The third-order valence-electron chi connectivity index (χ3n) is 4.05. The fraction of sp³-hybridized carbons (Fsp3) is 0. The Hall–Kier alpha value is -2.18. The van der Waals surface area contributed by atoms with E-state index in [2.05, 4.69) is 0 Å². The maximum absolute atomic E-state index is 11.7. The van der Waals surface area contributed by atoms with Crippen LogP contribution in [0.4, 0.5) is 0 Å². The summed E-state index contributed by atoms with van der Waals surface area (Å²) in [5.74, 6) is 0. The monoisotopic (exact) mass is 498 g/mol. The summed E-state index contributed by atoms with van der Waals surface area (Å²) in [6.07, 6.45) is 0. The Morgan fingerprint density at radius 3 is 1.03 bits per heavy atom. The molecule has 0 fully saturated rings. The van der Waals surface area contributed by atoms with E-state index >= 15 is 0 Å². The lowest BCUT2D eigenvalue weighted by molar-refractivity contribution is 0.477. The first-order chi connectivity index (χ1) is 13.4. The van der Waals surface area contributed by atoms with Gasteiger partial charge in [-0.2, -0.15) is 33.7 Å². The first kappa shape index (κ1) is 22.5. The van der Waals surface area contributed by atoms with Crippen molar-refractivity contribution in [2.45, 2.75) is 19.6 Å². The lowest BCUT2D eigenvalue weighted by Gasteiger charge is -2.11. The van der Waals surface area contributed by atoms with Gasteiger partial charge < -0.3 is 0 Å². The normalized spacial score (nSPS) is 13.7. The molecule has 0 aromatic heterocycles. The van der Waals surface area contributed by atoms with Crippen LogP contribution in [0.15, 0.2) is 56.0 Å². The molecule has 0 unspecified atom stereocenters. The summed E-state index contributed by atoms with van der Waals surface area (Å²) in [6, 6.07) is 4.21. The number of benzene rings is 3. The highest BCUT2D eigenvalue weighted by Gasteiger charge is 2.24. The zero-order chi connectivity index (χ0) is 22.9. The summed E-state index contributed by atoms with van der Waals surface area (Å²) in [4.78, 5) is -3.87. The molecule has 3 aromatic carbocycles. The van der Waals surface area contributed by atoms with Crippen molar-refractivity contribution in [3.05, 3.63) is 36.4 Å². The van der Waals surface area contributed by atoms with Gasteiger partial charge in [-0.05, 0) is 47.2 Å². The molecule has 0 amide bonds. The van der Waals surface area contributed by atoms with E-state index < -0.39 is 70.8 Å². The Labute approximate surface area is 169 Å². The van der Waals surface area contributed by atoms with Crippen molar-refractivity contribution in [3.63, 3.8) is 0 Å². The molecule has 16 heteroatoms. The Morgan fingerprint density at radius 1 is 0.433 bits per heavy atom. The topological polar surface area (TPSA) is 217 Å². The first-order valence-electron chi connectivity index (χ1n) is 7.34. The highest BCUT2D eigenvalue weighted by molar-refractivity contribution is 7.87. The van der Waals surface area contributed by atoms with Crippen LogP contribution in [-0.4, -0.2) is 51.9 Å². The van der Waals surface area contributed by atoms with E-state index in [0.717, 1.165) is 24.3 Å². The Kier molecular flexibility index (Phi) is 4.99. The van der Waals surface area contributed by atoms with Gasteiger partial charge in [-0.3, -0.25) is 18.2 Å². The summed E-state index contributed by atoms with van der Waals surface area (Å²) in [7, 11) is -20.0. The van der Waals surface area contributed by atoms with Gasteiger partial charge in [-0.1, -0.05) is 0 Å². The van der Waals surface area contributed by atoms with Crippen LogP contribution in [0.5, 0.6) is 0 Å². The number of hydrogen-bond acceptors (Lipinski definition) is 8. The quantitative estimate of drug-likeness (QED) is 0.292. The molecule has 4 N–H and O–H groups in total. The smallest absolute Gasteiger partial charge is 0.282 e. The summed E-state index contributed by atoms with van der Waals surface area (Å²) in [5, 5.41) is -1.33. The molecule has 0 saturated heterocycles. The maximum Gasteiger partial charge on any atom is 0.295 e. The molecule has 0 heterocycles. The van der Waals surface area contributed by atoms with Crippen molar-refractivity contribution in [1.82, 2.24) is 0 Å². The lowest BCUT2D eigenvalue weighted by atomic mass is 10.0. The van der Waals surface area contributed by atoms with Crippen LogP contribution < -0.4 is 0 Å². The van der Waals surface area contributed by atoms with E-state index in [4.69, 9.17) is 0 Å². The van der Waals surface area contributed by atoms with Gasteiger partial charge >= 0.3 is 0 Å². The minimum Gasteiger partial charge on any atom is -0.282 e. The van der Waals surface area contributed by atoms with E-state index in [1.165, 1.54) is 0 Å². The van der Waals surface area contributed by atoms with Crippen molar-refractivity contribution >= 4 is 62.0 Å². The van der Waals surface area contributed by atoms with E-state index in [1.54, 1.807) is 0 Å². The Morgan fingerprint density at radius 2 is 0.767 bits per heavy atom. The summed E-state index contributed by atoms with van der Waals surface area (Å²) in [6.45, 7) is 0. The molecular weight excluding hydrogens is 488 g/mol. The van der Waals surface area contributed by atoms with Gasteiger partial charge in [0, 0.05) is 10.8 Å². The molecular formula is C14H10O12S4. The molecule has 0 aliphatic carbocycles. The largest absolute Gasteiger partial charge is 0.295 e. The molecule has 12 nitrogen and oxygen atoms in total. The van der Waals surface area contributed by atoms with Crippen molar-refractivity contribution < 1.29 is 51.9 Å². The molecule has 0 atom stereocenters. The molecule has 3 aromatic rings. The van der Waals surface area contributed by atoms with Crippen LogP contribution in [0.2, 0.25) is 0 Å². The maximum atomic E-state index is 11.7. The number of hydrogen-bond donors (Lipinski definition) is 4. The van der Waals surface area contributed by atoms with E-state index in [1.807, 2.05) is 0 Å². The Bertz CT molecular complexity index is 1540. The van der Waals surface area contributed by atoms with Crippen LogP contribution in [0.3, 0.4) is 0 Å². The van der Waals surface area contributed by atoms with E-state index in [9.17, 15) is 51.9 Å². The van der Waals surface area contributed by atoms with Crippen LogP contribution in [0, 0.1) is 0 Å². The third kappa shape index (κ3) is 4.16. The molecule has 0 spiro atoms. The first-order valence-corrected chi connectivity index (χ1v) is 13.1. The standard InChI is InChI=1S/C14H10O12S4/c15-27(16,17)9-2-7-1-8-3-10(28(18,19)20)5-14(30(24,25)26)12(8)6-11(7)13(4-9)29(21,22)23/h1-6H,(H,15,16,17)(H,18,19,20)(H,21,22,23)(H,24,25,26). The fourth-order valence-electron chi connectivity index (χ4n) is 2.83. The van der Waals surface area contributed by atoms with Crippen molar-refractivity contribution in [3.8, 4) is 0 Å². The highest BCUT2D eigenvalue weighted by Crippen LogP contribution is 2.35. The van der Waals surface area contributed by atoms with Gasteiger partial charge in [0.25, 0.3) is 40.5 Å². The minimum absolute atomic E-state index is 0.265. The van der Waals surface area contributed by atoms with E-state index in [0.29, 0.717) is 12.1 Å². The van der Waals surface area contributed by atoms with Crippen LogP contribution in [-0.2, 0) is 40.5 Å². The highest BCUT2D eigenvalue weighted by atomic mass is 32.2. The zero-order valence-electron chi connectivity index (χ0n) is 14.2. The summed E-state index contributed by atoms with van der Waals surface area (Å²) >= 11 is 0. The summed E-state index contributed by atoms with van der Waals surface area (Å²) in [5.41, 5.74) is 0. The molecule has 0 aliphatic rings. The summed E-state index contributed by atoms with van der Waals surface area (Å²) < 4.78 is 130. The van der Waals surface area contributed by atoms with Crippen molar-refractivity contribution in [1.29, 1.82) is 0 Å². The second-order valence-corrected chi connectivity index (χ2v) is 11.7.